The van der Waals surface area contributed by atoms with Crippen LogP contribution >= 0.6 is 0 Å². The molecule has 274 valence electrons. The van der Waals surface area contributed by atoms with Gasteiger partial charge >= 0.3 is 0 Å². The van der Waals surface area contributed by atoms with Crippen LogP contribution in [-0.2, 0) is 20.7 Å². The number of aliphatic hydroxyl groups is 4. The van der Waals surface area contributed by atoms with Crippen molar-refractivity contribution in [1.29, 1.82) is 0 Å². The molecule has 6 fully saturated rings. The number of rotatable bonds is 8. The number of phenols is 1. The molecule has 2 heterocycles. The summed E-state index contributed by atoms with van der Waals surface area (Å²) in [5.41, 5.74) is -1.53. The average molecular weight is 692 g/mol. The highest BCUT2D eigenvalue weighted by molar-refractivity contribution is 5.96. The van der Waals surface area contributed by atoms with E-state index >= 15 is 0 Å². The minimum atomic E-state index is -1.35. The number of hydrogen-bond acceptors (Lipinski definition) is 8. The van der Waals surface area contributed by atoms with Crippen LogP contribution in [0.15, 0.2) is 29.8 Å². The maximum Gasteiger partial charge on any atom is 0.227 e. The van der Waals surface area contributed by atoms with Crippen LogP contribution in [-0.4, -0.2) is 79.4 Å². The van der Waals surface area contributed by atoms with Crippen LogP contribution < -0.4 is 4.90 Å². The number of epoxide rings is 1. The van der Waals surface area contributed by atoms with Gasteiger partial charge in [0.25, 0.3) is 0 Å². The monoisotopic (exact) mass is 691 g/mol. The van der Waals surface area contributed by atoms with Crippen molar-refractivity contribution in [1.82, 2.24) is 0 Å². The molecule has 8 rings (SSSR count). The topological polar surface area (TPSA) is 151 Å². The van der Waals surface area contributed by atoms with Crippen LogP contribution in [0.5, 0.6) is 5.75 Å². The predicted octanol–water partition coefficient (Wildman–Crippen LogP) is 4.84. The van der Waals surface area contributed by atoms with Crippen LogP contribution in [0.3, 0.4) is 0 Å². The first-order valence-electron chi connectivity index (χ1n) is 19.5. The van der Waals surface area contributed by atoms with E-state index in [-0.39, 0.29) is 59.2 Å². The van der Waals surface area contributed by atoms with E-state index in [1.807, 2.05) is 13.0 Å². The van der Waals surface area contributed by atoms with Gasteiger partial charge in [-0.05, 0) is 135 Å². The average Bonchev–Trinajstić information content (AvgIpc) is 3.67. The van der Waals surface area contributed by atoms with E-state index in [1.54, 1.807) is 23.1 Å². The molecule has 0 spiro atoms. The summed E-state index contributed by atoms with van der Waals surface area (Å²) in [5, 5.41) is 58.9. The molecule has 13 atom stereocenters. The molecule has 1 amide bonds. The molecule has 9 heteroatoms. The van der Waals surface area contributed by atoms with Crippen molar-refractivity contribution < 1.29 is 39.9 Å². The third kappa shape index (κ3) is 4.89. The molecule has 1 aromatic carbocycles. The molecule has 2 aliphatic heterocycles. The number of ether oxygens (including phenoxy) is 1. The van der Waals surface area contributed by atoms with Crippen LogP contribution in [0.4, 0.5) is 5.69 Å². The van der Waals surface area contributed by atoms with Gasteiger partial charge in [-0.3, -0.25) is 9.59 Å². The van der Waals surface area contributed by atoms with E-state index in [4.69, 9.17) is 4.74 Å². The zero-order valence-corrected chi connectivity index (χ0v) is 30.2. The SMILES string of the molecule is CC(C)[C@@H](C)[C@@H]1O[C@H]1[C@](C)(O)[C@H]1CC[C@@]2(O)C3=CC(=O)[C@@H]4[C@H]5CCC[C@@]4(C[C@H](O)[C@@H]5O)[C@H]3CC[C@]12CCc1cc(O)cc(N2CCCC2=O)c1. The number of carbonyl (C=O) groups excluding carboxylic acids is 2. The molecule has 2 bridgehead atoms. The molecule has 1 aromatic rings. The van der Waals surface area contributed by atoms with Crippen molar-refractivity contribution in [2.24, 2.45) is 46.3 Å². The smallest absolute Gasteiger partial charge is 0.227 e. The van der Waals surface area contributed by atoms with Crippen molar-refractivity contribution in [3.05, 3.63) is 35.4 Å². The molecule has 7 aliphatic rings. The maximum atomic E-state index is 14.3. The van der Waals surface area contributed by atoms with Crippen molar-refractivity contribution >= 4 is 17.4 Å². The van der Waals surface area contributed by atoms with E-state index in [0.717, 1.165) is 43.2 Å². The second-order valence-electron chi connectivity index (χ2n) is 18.1. The number of hydrogen-bond donors (Lipinski definition) is 5. The van der Waals surface area contributed by atoms with Crippen LogP contribution in [0, 0.1) is 46.3 Å². The summed E-state index contributed by atoms with van der Waals surface area (Å²) in [4.78, 5) is 28.6. The number of benzene rings is 1. The fourth-order valence-electron chi connectivity index (χ4n) is 12.9. The van der Waals surface area contributed by atoms with Gasteiger partial charge in [-0.25, -0.2) is 0 Å². The van der Waals surface area contributed by atoms with Gasteiger partial charge in [0, 0.05) is 36.1 Å². The second-order valence-corrected chi connectivity index (χ2v) is 18.1. The lowest BCUT2D eigenvalue weighted by molar-refractivity contribution is -0.194. The fraction of sp³-hybridized carbons (Fsp3) is 0.756. The summed E-state index contributed by atoms with van der Waals surface area (Å²) < 4.78 is 6.28. The lowest BCUT2D eigenvalue weighted by Crippen LogP contribution is -2.66. The van der Waals surface area contributed by atoms with Crippen LogP contribution in [0.25, 0.3) is 0 Å². The van der Waals surface area contributed by atoms with Gasteiger partial charge < -0.3 is 35.2 Å². The second kappa shape index (κ2) is 11.9. The van der Waals surface area contributed by atoms with Gasteiger partial charge in [-0.2, -0.15) is 0 Å². The van der Waals surface area contributed by atoms with E-state index in [2.05, 4.69) is 20.8 Å². The third-order valence-electron chi connectivity index (χ3n) is 15.5. The number of allylic oxidation sites excluding steroid dienone is 1. The first-order valence-corrected chi connectivity index (χ1v) is 19.5. The molecule has 2 saturated heterocycles. The fourth-order valence-corrected chi connectivity index (χ4v) is 12.9. The van der Waals surface area contributed by atoms with Gasteiger partial charge in [0.1, 0.15) is 11.9 Å². The lowest BCUT2D eigenvalue weighted by Gasteiger charge is -2.65. The number of phenolic OH excluding ortho intramolecular Hbond substituents is 1. The van der Waals surface area contributed by atoms with Crippen molar-refractivity contribution in [3.63, 3.8) is 0 Å². The Bertz CT molecular complexity index is 1590. The van der Waals surface area contributed by atoms with E-state index < -0.39 is 34.2 Å². The first kappa shape index (κ1) is 34.8. The van der Waals surface area contributed by atoms with Gasteiger partial charge in [-0.15, -0.1) is 0 Å². The third-order valence-corrected chi connectivity index (χ3v) is 15.5. The van der Waals surface area contributed by atoms with Gasteiger partial charge in [-0.1, -0.05) is 27.2 Å². The Kier molecular flexibility index (Phi) is 8.24. The van der Waals surface area contributed by atoms with E-state index in [0.29, 0.717) is 63.1 Å². The molecular formula is C41H57NO8. The normalized spacial score (nSPS) is 43.9. The van der Waals surface area contributed by atoms with Crippen molar-refractivity contribution in [2.75, 3.05) is 11.4 Å². The van der Waals surface area contributed by atoms with Crippen LogP contribution in [0.2, 0.25) is 0 Å². The highest BCUT2D eigenvalue weighted by Crippen LogP contribution is 2.72. The minimum absolute atomic E-state index is 0.0319. The zero-order valence-electron chi connectivity index (χ0n) is 30.2. The molecule has 0 aromatic heterocycles. The number of carbonyl (C=O) groups is 2. The number of aliphatic hydroxyl groups excluding tert-OH is 2. The van der Waals surface area contributed by atoms with E-state index in [9.17, 15) is 35.1 Å². The Hall–Kier alpha value is -2.30. The summed E-state index contributed by atoms with van der Waals surface area (Å²) >= 11 is 0. The highest BCUT2D eigenvalue weighted by atomic mass is 16.6. The number of nitrogens with zero attached hydrogens (tertiary/aromatic N) is 1. The van der Waals surface area contributed by atoms with Gasteiger partial charge in [0.05, 0.1) is 29.5 Å². The Morgan fingerprint density at radius 1 is 1.04 bits per heavy atom. The lowest BCUT2D eigenvalue weighted by atomic mass is 9.40. The molecule has 5 N–H and O–H groups in total. The molecule has 9 nitrogen and oxygen atoms in total. The number of amides is 1. The van der Waals surface area contributed by atoms with Crippen LogP contribution in [0.1, 0.15) is 104 Å². The standard InChI is InChI=1S/C41H57NO8/c1-22(2)23(3)36-37(50-36)38(4,48)32-11-15-41(49)29-20-30(44)34-27-7-5-12-39(34,21-31(45)35(27)47)28(29)10-14-40(32,41)13-9-24-17-25(19-26(43)18-24)42-16-6-8-33(42)46/h17-20,22-23,27-28,31-32,34-37,43,45,47-49H,5-16,21H2,1-4H3/t23-,27-,28+,31+,32-,34+,35-,36+,37-,38-,39-,40-,41-/m1/s1. The Balaban J connectivity index is 1.19. The number of aromatic hydroxyl groups is 1. The van der Waals surface area contributed by atoms with Gasteiger partial charge in [0.2, 0.25) is 5.91 Å². The molecule has 0 unspecified atom stereocenters. The molecule has 5 aliphatic carbocycles. The molecule has 0 radical (unpaired) electrons. The predicted molar refractivity (Wildman–Crippen MR) is 187 cm³/mol. The molecule has 50 heavy (non-hydrogen) atoms. The highest BCUT2D eigenvalue weighted by Gasteiger charge is 2.73. The van der Waals surface area contributed by atoms with Crippen molar-refractivity contribution in [2.45, 2.75) is 140 Å². The van der Waals surface area contributed by atoms with Crippen molar-refractivity contribution in [3.8, 4) is 5.75 Å². The Morgan fingerprint density at radius 3 is 2.54 bits per heavy atom. The molecular weight excluding hydrogens is 634 g/mol. The molecule has 4 saturated carbocycles. The maximum absolute atomic E-state index is 14.3. The van der Waals surface area contributed by atoms with Gasteiger partial charge in [0.15, 0.2) is 5.78 Å². The Labute approximate surface area is 296 Å². The van der Waals surface area contributed by atoms with E-state index in [1.165, 1.54) is 0 Å². The summed E-state index contributed by atoms with van der Waals surface area (Å²) in [6, 6.07) is 5.35. The summed E-state index contributed by atoms with van der Waals surface area (Å²) in [6.07, 6.45) is 6.95. The largest absolute Gasteiger partial charge is 0.508 e. The Morgan fingerprint density at radius 2 is 1.82 bits per heavy atom. The first-order chi connectivity index (χ1) is 23.6. The number of ketones is 1. The minimum Gasteiger partial charge on any atom is -0.508 e. The number of anilines is 1. The number of fused-ring (bicyclic) bond motifs is 3. The number of aryl methyl sites for hydroxylation is 1. The quantitative estimate of drug-likeness (QED) is 0.243. The zero-order chi connectivity index (χ0) is 35.5. The summed E-state index contributed by atoms with van der Waals surface area (Å²) in [7, 11) is 0. The summed E-state index contributed by atoms with van der Waals surface area (Å²) in [5.74, 6) is -0.254. The summed E-state index contributed by atoms with van der Waals surface area (Å²) in [6.45, 7) is 9.02.